The smallest absolute Gasteiger partial charge is 0.278 e. The topological polar surface area (TPSA) is 71.5 Å². The maximum Gasteiger partial charge on any atom is 0.278 e. The number of hydrogen-bond acceptors (Lipinski definition) is 5. The fraction of sp³-hybridized carbons (Fsp3) is 0.192. The van der Waals surface area contributed by atoms with E-state index in [9.17, 15) is 9.59 Å². The number of amides is 2. The molecular weight excluding hydrogens is 402 g/mol. The van der Waals surface area contributed by atoms with E-state index in [0.717, 1.165) is 29.0 Å². The van der Waals surface area contributed by atoms with Crippen LogP contribution in [-0.4, -0.2) is 28.3 Å². The number of aromatic nitrogens is 1. The number of carbonyl (C=O) groups excluding carboxylic acids is 2. The molecule has 0 bridgehead atoms. The van der Waals surface area contributed by atoms with Crippen molar-refractivity contribution in [1.82, 2.24) is 9.88 Å². The highest BCUT2D eigenvalue weighted by Crippen LogP contribution is 2.32. The highest BCUT2D eigenvalue weighted by atomic mass is 16.5. The zero-order valence-corrected chi connectivity index (χ0v) is 18.2. The van der Waals surface area contributed by atoms with E-state index in [4.69, 9.17) is 4.74 Å². The molecule has 0 unspecified atom stereocenters. The monoisotopic (exact) mass is 427 g/mol. The molecule has 4 rings (SSSR count). The Hall–Kier alpha value is -3.93. The summed E-state index contributed by atoms with van der Waals surface area (Å²) < 4.78 is 5.65. The second-order valence-electron chi connectivity index (χ2n) is 7.67. The van der Waals surface area contributed by atoms with Crippen LogP contribution in [0.4, 0.5) is 5.69 Å². The molecule has 0 spiro atoms. The van der Waals surface area contributed by atoms with E-state index in [2.05, 4.69) is 10.3 Å². The molecule has 0 aliphatic carbocycles. The first kappa shape index (κ1) is 21.3. The summed E-state index contributed by atoms with van der Waals surface area (Å²) in [5.74, 6) is 0.0482. The third-order valence-corrected chi connectivity index (χ3v) is 5.19. The van der Waals surface area contributed by atoms with Crippen molar-refractivity contribution in [3.05, 3.63) is 95.4 Å². The molecule has 1 N–H and O–H groups in total. The van der Waals surface area contributed by atoms with Crippen LogP contribution in [-0.2, 0) is 16.1 Å². The van der Waals surface area contributed by atoms with Crippen LogP contribution in [0.3, 0.4) is 0 Å². The lowest BCUT2D eigenvalue weighted by Crippen LogP contribution is -2.32. The fourth-order valence-electron chi connectivity index (χ4n) is 3.49. The number of rotatable bonds is 8. The van der Waals surface area contributed by atoms with Crippen LogP contribution >= 0.6 is 0 Å². The molecule has 0 saturated heterocycles. The molecule has 2 heterocycles. The molecule has 3 aromatic rings. The van der Waals surface area contributed by atoms with Crippen LogP contribution in [0.1, 0.15) is 30.0 Å². The zero-order chi connectivity index (χ0) is 22.5. The van der Waals surface area contributed by atoms with E-state index in [1.165, 1.54) is 4.90 Å². The van der Waals surface area contributed by atoms with Gasteiger partial charge in [0.25, 0.3) is 11.8 Å². The summed E-state index contributed by atoms with van der Waals surface area (Å²) in [4.78, 5) is 32.0. The number of benzene rings is 2. The molecule has 2 amide bonds. The molecule has 6 nitrogen and oxygen atoms in total. The van der Waals surface area contributed by atoms with Gasteiger partial charge in [-0.1, -0.05) is 36.8 Å². The maximum absolute atomic E-state index is 13.4. The van der Waals surface area contributed by atoms with Gasteiger partial charge in [0.2, 0.25) is 0 Å². The van der Waals surface area contributed by atoms with Gasteiger partial charge in [-0.15, -0.1) is 0 Å². The Balaban J connectivity index is 1.69. The lowest BCUT2D eigenvalue weighted by atomic mass is 10.0. The van der Waals surface area contributed by atoms with Gasteiger partial charge < -0.3 is 10.1 Å². The summed E-state index contributed by atoms with van der Waals surface area (Å²) in [7, 11) is 0. The summed E-state index contributed by atoms with van der Waals surface area (Å²) in [5.41, 5.74) is 3.99. The van der Waals surface area contributed by atoms with Crippen molar-refractivity contribution in [2.45, 2.75) is 26.8 Å². The van der Waals surface area contributed by atoms with Crippen LogP contribution in [0.15, 0.2) is 78.8 Å². The molecule has 0 atom stereocenters. The molecule has 2 aromatic carbocycles. The number of nitrogens with one attached hydrogen (secondary N) is 1. The minimum absolute atomic E-state index is 0.181. The van der Waals surface area contributed by atoms with E-state index in [-0.39, 0.29) is 24.1 Å². The number of ether oxygens (including phenoxy) is 1. The number of hydrogen-bond donors (Lipinski definition) is 1. The lowest BCUT2D eigenvalue weighted by molar-refractivity contribution is -0.137. The summed E-state index contributed by atoms with van der Waals surface area (Å²) in [6.45, 7) is 4.85. The largest absolute Gasteiger partial charge is 0.494 e. The van der Waals surface area contributed by atoms with E-state index < -0.39 is 0 Å². The summed E-state index contributed by atoms with van der Waals surface area (Å²) >= 11 is 0. The average Bonchev–Trinajstić information content (AvgIpc) is 3.04. The molecule has 0 radical (unpaired) electrons. The molecule has 32 heavy (non-hydrogen) atoms. The fourth-order valence-corrected chi connectivity index (χ4v) is 3.49. The molecule has 1 aliphatic rings. The van der Waals surface area contributed by atoms with Gasteiger partial charge in [-0.2, -0.15) is 0 Å². The summed E-state index contributed by atoms with van der Waals surface area (Å²) in [6.07, 6.45) is 4.21. The number of carbonyl (C=O) groups is 2. The second kappa shape index (κ2) is 9.47. The van der Waals surface area contributed by atoms with Crippen molar-refractivity contribution >= 4 is 23.1 Å². The number of nitrogens with zero attached hydrogens (tertiary/aromatic N) is 2. The second-order valence-corrected chi connectivity index (χ2v) is 7.67. The Morgan fingerprint density at radius 1 is 0.906 bits per heavy atom. The van der Waals surface area contributed by atoms with Gasteiger partial charge >= 0.3 is 0 Å². The van der Waals surface area contributed by atoms with Crippen molar-refractivity contribution in [3.8, 4) is 5.75 Å². The van der Waals surface area contributed by atoms with E-state index in [0.29, 0.717) is 17.7 Å². The Kier molecular flexibility index (Phi) is 6.31. The van der Waals surface area contributed by atoms with Crippen molar-refractivity contribution in [3.63, 3.8) is 0 Å². The SMILES string of the molecule is CCCOc1ccc(C2=C(Nc3ccc(C)cc3)C(=O)N(Cc3ccncc3)C2=O)cc1. The Morgan fingerprint density at radius 2 is 1.59 bits per heavy atom. The van der Waals surface area contributed by atoms with Crippen molar-refractivity contribution in [1.29, 1.82) is 0 Å². The number of imide groups is 1. The zero-order valence-electron chi connectivity index (χ0n) is 18.2. The summed E-state index contributed by atoms with van der Waals surface area (Å²) in [5, 5.41) is 3.19. The first-order valence-electron chi connectivity index (χ1n) is 10.6. The van der Waals surface area contributed by atoms with E-state index in [1.54, 1.807) is 24.5 Å². The molecule has 6 heteroatoms. The molecule has 1 aliphatic heterocycles. The van der Waals surface area contributed by atoms with Gasteiger partial charge in [0.05, 0.1) is 18.7 Å². The van der Waals surface area contributed by atoms with Crippen LogP contribution < -0.4 is 10.1 Å². The Labute approximate surface area is 187 Å². The predicted molar refractivity (Wildman–Crippen MR) is 124 cm³/mol. The van der Waals surface area contributed by atoms with Crippen molar-refractivity contribution in [2.75, 3.05) is 11.9 Å². The molecule has 162 valence electrons. The minimum atomic E-state index is -0.353. The minimum Gasteiger partial charge on any atom is -0.494 e. The molecular formula is C26H25N3O3. The number of pyridine rings is 1. The van der Waals surface area contributed by atoms with E-state index in [1.807, 2.05) is 62.4 Å². The van der Waals surface area contributed by atoms with Gasteiger partial charge in [-0.25, -0.2) is 0 Å². The highest BCUT2D eigenvalue weighted by Gasteiger charge is 2.39. The molecule has 0 saturated carbocycles. The van der Waals surface area contributed by atoms with Crippen molar-refractivity contribution in [2.24, 2.45) is 0 Å². The van der Waals surface area contributed by atoms with Crippen LogP contribution in [0, 0.1) is 6.92 Å². The maximum atomic E-state index is 13.4. The Morgan fingerprint density at radius 3 is 2.25 bits per heavy atom. The third-order valence-electron chi connectivity index (χ3n) is 5.19. The van der Waals surface area contributed by atoms with Crippen molar-refractivity contribution < 1.29 is 14.3 Å². The van der Waals surface area contributed by atoms with E-state index >= 15 is 0 Å². The average molecular weight is 428 g/mol. The summed E-state index contributed by atoms with van der Waals surface area (Å²) in [6, 6.07) is 18.6. The standard InChI is InChI=1S/C26H25N3O3/c1-3-16-32-22-10-6-20(7-11-22)23-24(28-21-8-4-18(2)5-9-21)26(31)29(25(23)30)17-19-12-14-27-15-13-19/h4-15,28H,3,16-17H2,1-2H3. The van der Waals surface area contributed by atoms with Gasteiger partial charge in [0, 0.05) is 18.1 Å². The van der Waals surface area contributed by atoms with Gasteiger partial charge in [0.1, 0.15) is 11.4 Å². The van der Waals surface area contributed by atoms with Gasteiger partial charge in [-0.05, 0) is 60.9 Å². The number of anilines is 1. The third kappa shape index (κ3) is 4.54. The van der Waals surface area contributed by atoms with Gasteiger partial charge in [-0.3, -0.25) is 19.5 Å². The molecule has 0 fully saturated rings. The highest BCUT2D eigenvalue weighted by molar-refractivity contribution is 6.36. The van der Waals surface area contributed by atoms with Crippen LogP contribution in [0.5, 0.6) is 5.75 Å². The van der Waals surface area contributed by atoms with Crippen LogP contribution in [0.25, 0.3) is 5.57 Å². The van der Waals surface area contributed by atoms with Crippen LogP contribution in [0.2, 0.25) is 0 Å². The normalized spacial score (nSPS) is 13.6. The van der Waals surface area contributed by atoms with Gasteiger partial charge in [0.15, 0.2) is 0 Å². The lowest BCUT2D eigenvalue weighted by Gasteiger charge is -2.15. The first-order valence-corrected chi connectivity index (χ1v) is 10.6. The quantitative estimate of drug-likeness (QED) is 0.533. The number of aryl methyl sites for hydroxylation is 1. The Bertz CT molecular complexity index is 1140. The predicted octanol–water partition coefficient (Wildman–Crippen LogP) is 4.57. The molecule has 1 aromatic heterocycles. The first-order chi connectivity index (χ1) is 15.6.